The molecule has 0 saturated carbocycles. The molecule has 0 saturated heterocycles. The maximum Gasteiger partial charge on any atom is 0.419 e. The number of aliphatic hydroxyl groups is 1. The summed E-state index contributed by atoms with van der Waals surface area (Å²) in [6.07, 6.45) is -1.72. The van der Waals surface area contributed by atoms with Crippen LogP contribution in [0.2, 0.25) is 0 Å². The normalized spacial score (nSPS) is 12.5. The van der Waals surface area contributed by atoms with E-state index in [0.29, 0.717) is 13.0 Å². The van der Waals surface area contributed by atoms with E-state index in [1.54, 1.807) is 0 Å². The highest BCUT2D eigenvalue weighted by molar-refractivity contribution is 5.45. The summed E-state index contributed by atoms with van der Waals surface area (Å²) >= 11 is 0. The van der Waals surface area contributed by atoms with Gasteiger partial charge in [-0.3, -0.25) is 0 Å². The van der Waals surface area contributed by atoms with Crippen molar-refractivity contribution in [3.05, 3.63) is 23.9 Å². The molecule has 0 aliphatic heterocycles. The second-order valence-electron chi connectivity index (χ2n) is 5.24. The van der Waals surface area contributed by atoms with Crippen molar-refractivity contribution in [2.24, 2.45) is 5.41 Å². The van der Waals surface area contributed by atoms with Gasteiger partial charge in [-0.15, -0.1) is 0 Å². The number of nitrogens with one attached hydrogen (secondary N) is 1. The monoisotopic (exact) mass is 276 g/mol. The van der Waals surface area contributed by atoms with E-state index in [2.05, 4.69) is 10.3 Å². The predicted octanol–water partition coefficient (Wildman–Crippen LogP) is 3.31. The van der Waals surface area contributed by atoms with Crippen LogP contribution in [0.4, 0.5) is 19.0 Å². The van der Waals surface area contributed by atoms with Crippen LogP contribution >= 0.6 is 0 Å². The summed E-state index contributed by atoms with van der Waals surface area (Å²) in [6.45, 7) is 4.33. The van der Waals surface area contributed by atoms with Crippen LogP contribution in [0.3, 0.4) is 0 Å². The number of halogens is 3. The molecule has 0 aliphatic rings. The van der Waals surface area contributed by atoms with E-state index in [1.807, 2.05) is 13.8 Å². The van der Waals surface area contributed by atoms with Gasteiger partial charge in [-0.1, -0.05) is 13.8 Å². The number of nitrogens with zero attached hydrogens (tertiary/aromatic N) is 1. The van der Waals surface area contributed by atoms with Crippen molar-refractivity contribution < 1.29 is 18.3 Å². The Bertz CT molecular complexity index is 405. The molecule has 19 heavy (non-hydrogen) atoms. The molecule has 1 aromatic rings. The number of rotatable bonds is 6. The Morgan fingerprint density at radius 3 is 2.58 bits per heavy atom. The largest absolute Gasteiger partial charge is 0.419 e. The highest BCUT2D eigenvalue weighted by Crippen LogP contribution is 2.34. The van der Waals surface area contributed by atoms with Crippen molar-refractivity contribution in [3.63, 3.8) is 0 Å². The van der Waals surface area contributed by atoms with Gasteiger partial charge in [0.1, 0.15) is 5.82 Å². The number of anilines is 1. The minimum Gasteiger partial charge on any atom is -0.396 e. The zero-order valence-corrected chi connectivity index (χ0v) is 11.1. The Morgan fingerprint density at radius 1 is 1.32 bits per heavy atom. The Morgan fingerprint density at radius 2 is 2.00 bits per heavy atom. The molecule has 1 aromatic heterocycles. The number of alkyl halides is 3. The topological polar surface area (TPSA) is 45.1 Å². The Kier molecular flexibility index (Phi) is 5.17. The second-order valence-corrected chi connectivity index (χ2v) is 5.24. The minimum absolute atomic E-state index is 0.0841. The van der Waals surface area contributed by atoms with Gasteiger partial charge in [0.15, 0.2) is 0 Å². The fraction of sp³-hybridized carbons (Fsp3) is 0.615. The zero-order valence-electron chi connectivity index (χ0n) is 11.1. The van der Waals surface area contributed by atoms with E-state index < -0.39 is 11.7 Å². The molecule has 0 fully saturated rings. The SMILES string of the molecule is CC(C)(CCCO)CNc1ncccc1C(F)(F)F. The van der Waals surface area contributed by atoms with Gasteiger partial charge in [0, 0.05) is 19.3 Å². The average molecular weight is 276 g/mol. The van der Waals surface area contributed by atoms with Gasteiger partial charge >= 0.3 is 6.18 Å². The number of hydrogen-bond acceptors (Lipinski definition) is 3. The van der Waals surface area contributed by atoms with E-state index >= 15 is 0 Å². The van der Waals surface area contributed by atoms with Gasteiger partial charge in [-0.05, 0) is 30.4 Å². The lowest BCUT2D eigenvalue weighted by Gasteiger charge is -2.25. The smallest absolute Gasteiger partial charge is 0.396 e. The van der Waals surface area contributed by atoms with Gasteiger partial charge in [-0.2, -0.15) is 13.2 Å². The summed E-state index contributed by atoms with van der Waals surface area (Å²) in [6, 6.07) is 2.28. The van der Waals surface area contributed by atoms with Crippen molar-refractivity contribution in [2.75, 3.05) is 18.5 Å². The van der Waals surface area contributed by atoms with E-state index in [-0.39, 0.29) is 17.8 Å². The van der Waals surface area contributed by atoms with Crippen molar-refractivity contribution >= 4 is 5.82 Å². The summed E-state index contributed by atoms with van der Waals surface area (Å²) in [5, 5.41) is 11.5. The number of hydrogen-bond donors (Lipinski definition) is 2. The minimum atomic E-state index is -4.41. The molecule has 0 unspecified atom stereocenters. The molecular weight excluding hydrogens is 257 g/mol. The third-order valence-corrected chi connectivity index (χ3v) is 2.86. The molecule has 0 atom stereocenters. The van der Waals surface area contributed by atoms with Crippen molar-refractivity contribution in [3.8, 4) is 0 Å². The summed E-state index contributed by atoms with van der Waals surface area (Å²) in [7, 11) is 0. The summed E-state index contributed by atoms with van der Waals surface area (Å²) < 4.78 is 38.3. The number of aromatic nitrogens is 1. The first-order valence-corrected chi connectivity index (χ1v) is 6.13. The highest BCUT2D eigenvalue weighted by atomic mass is 19.4. The van der Waals surface area contributed by atoms with E-state index in [0.717, 1.165) is 12.5 Å². The maximum absolute atomic E-state index is 12.8. The fourth-order valence-corrected chi connectivity index (χ4v) is 1.74. The lowest BCUT2D eigenvalue weighted by molar-refractivity contribution is -0.137. The van der Waals surface area contributed by atoms with Crippen molar-refractivity contribution in [1.29, 1.82) is 0 Å². The molecule has 108 valence electrons. The van der Waals surface area contributed by atoms with Crippen LogP contribution in [-0.2, 0) is 6.18 Å². The molecule has 0 radical (unpaired) electrons. The Hall–Kier alpha value is -1.30. The van der Waals surface area contributed by atoms with Gasteiger partial charge in [0.05, 0.1) is 5.56 Å². The first-order chi connectivity index (χ1) is 8.76. The van der Waals surface area contributed by atoms with Gasteiger partial charge in [0.25, 0.3) is 0 Å². The second kappa shape index (κ2) is 6.23. The molecule has 0 bridgehead atoms. The van der Waals surface area contributed by atoms with Crippen LogP contribution in [0.5, 0.6) is 0 Å². The molecule has 0 aliphatic carbocycles. The first-order valence-electron chi connectivity index (χ1n) is 6.13. The van der Waals surface area contributed by atoms with E-state index in [4.69, 9.17) is 5.11 Å². The summed E-state index contributed by atoms with van der Waals surface area (Å²) in [4.78, 5) is 3.75. The van der Waals surface area contributed by atoms with Crippen LogP contribution < -0.4 is 5.32 Å². The molecular formula is C13H19F3N2O. The quantitative estimate of drug-likeness (QED) is 0.838. The van der Waals surface area contributed by atoms with Crippen LogP contribution in [0.15, 0.2) is 18.3 Å². The Labute approximate surface area is 110 Å². The lowest BCUT2D eigenvalue weighted by atomic mass is 9.88. The van der Waals surface area contributed by atoms with Crippen molar-refractivity contribution in [1.82, 2.24) is 4.98 Å². The van der Waals surface area contributed by atoms with Gasteiger partial charge in [0.2, 0.25) is 0 Å². The Balaban J connectivity index is 2.73. The zero-order chi connectivity index (χ0) is 14.5. The number of aliphatic hydroxyl groups excluding tert-OH is 1. The van der Waals surface area contributed by atoms with Crippen LogP contribution in [0.1, 0.15) is 32.3 Å². The number of pyridine rings is 1. The van der Waals surface area contributed by atoms with Gasteiger partial charge in [-0.25, -0.2) is 4.98 Å². The summed E-state index contributed by atoms with van der Waals surface area (Å²) in [5.74, 6) is -0.146. The molecule has 1 heterocycles. The summed E-state index contributed by atoms with van der Waals surface area (Å²) in [5.41, 5.74) is -0.962. The van der Waals surface area contributed by atoms with Crippen LogP contribution in [-0.4, -0.2) is 23.2 Å². The van der Waals surface area contributed by atoms with Crippen LogP contribution in [0.25, 0.3) is 0 Å². The fourth-order valence-electron chi connectivity index (χ4n) is 1.74. The van der Waals surface area contributed by atoms with E-state index in [9.17, 15) is 13.2 Å². The highest BCUT2D eigenvalue weighted by Gasteiger charge is 2.34. The van der Waals surface area contributed by atoms with Gasteiger partial charge < -0.3 is 10.4 Å². The first kappa shape index (κ1) is 15.8. The molecule has 0 amide bonds. The standard InChI is InChI=1S/C13H19F3N2O/c1-12(2,6-4-8-19)9-18-11-10(13(14,15)16)5-3-7-17-11/h3,5,7,19H,4,6,8-9H2,1-2H3,(H,17,18). The predicted molar refractivity (Wildman–Crippen MR) is 67.8 cm³/mol. The van der Waals surface area contributed by atoms with E-state index in [1.165, 1.54) is 12.3 Å². The maximum atomic E-state index is 12.8. The van der Waals surface area contributed by atoms with Crippen LogP contribution in [0, 0.1) is 5.41 Å². The third-order valence-electron chi connectivity index (χ3n) is 2.86. The molecule has 0 spiro atoms. The molecule has 6 heteroatoms. The van der Waals surface area contributed by atoms with Crippen molar-refractivity contribution in [2.45, 2.75) is 32.9 Å². The third kappa shape index (κ3) is 5.06. The molecule has 0 aromatic carbocycles. The molecule has 1 rings (SSSR count). The lowest BCUT2D eigenvalue weighted by Crippen LogP contribution is -2.25. The molecule has 2 N–H and O–H groups in total. The molecule has 3 nitrogen and oxygen atoms in total. The average Bonchev–Trinajstić information content (AvgIpc) is 2.33.